The Labute approximate surface area is 129 Å². The molecule has 0 aliphatic carbocycles. The largest absolute Gasteiger partial charge is 0.497 e. The minimum Gasteiger partial charge on any atom is -0.497 e. The second-order valence-corrected chi connectivity index (χ2v) is 5.26. The van der Waals surface area contributed by atoms with Crippen molar-refractivity contribution in [2.75, 3.05) is 13.7 Å². The van der Waals surface area contributed by atoms with Crippen LogP contribution in [0.15, 0.2) is 36.4 Å². The summed E-state index contributed by atoms with van der Waals surface area (Å²) in [4.78, 5) is 10.8. The maximum Gasteiger partial charge on any atom is 0.216 e. The fourth-order valence-corrected chi connectivity index (χ4v) is 2.33. The molecule has 0 heterocycles. The summed E-state index contributed by atoms with van der Waals surface area (Å²) < 4.78 is 5.18. The van der Waals surface area contributed by atoms with Gasteiger partial charge in [-0.05, 0) is 41.0 Å². The van der Waals surface area contributed by atoms with Gasteiger partial charge in [-0.15, -0.1) is 0 Å². The van der Waals surface area contributed by atoms with Crippen LogP contribution >= 0.6 is 0 Å². The highest BCUT2D eigenvalue weighted by Crippen LogP contribution is 2.26. The molecule has 0 fully saturated rings. The van der Waals surface area contributed by atoms with Gasteiger partial charge in [-0.2, -0.15) is 0 Å². The molecule has 2 aromatic carbocycles. The van der Waals surface area contributed by atoms with Crippen LogP contribution in [0, 0.1) is 0 Å². The molecule has 0 aromatic heterocycles. The molecule has 22 heavy (non-hydrogen) atoms. The molecule has 0 bridgehead atoms. The van der Waals surface area contributed by atoms with Crippen LogP contribution in [0.25, 0.3) is 10.8 Å². The maximum atomic E-state index is 10.8. The van der Waals surface area contributed by atoms with Gasteiger partial charge in [0, 0.05) is 13.5 Å². The number of nitrogens with one attached hydrogen (secondary N) is 1. The smallest absolute Gasteiger partial charge is 0.216 e. The third-order valence-corrected chi connectivity index (χ3v) is 3.59. The zero-order valence-electron chi connectivity index (χ0n) is 12.7. The number of carbonyl (C=O) groups is 1. The van der Waals surface area contributed by atoms with E-state index in [0.29, 0.717) is 18.5 Å². The molecular weight excluding hydrogens is 282 g/mol. The number of carbonyl (C=O) groups excluding carboxylic acids is 1. The predicted molar refractivity (Wildman–Crippen MR) is 84.8 cm³/mol. The van der Waals surface area contributed by atoms with E-state index < -0.39 is 12.2 Å². The highest BCUT2D eigenvalue weighted by Gasteiger charge is 2.18. The molecule has 0 saturated carbocycles. The molecule has 5 heteroatoms. The highest BCUT2D eigenvalue weighted by atomic mass is 16.5. The quantitative estimate of drug-likeness (QED) is 0.760. The van der Waals surface area contributed by atoms with E-state index in [-0.39, 0.29) is 5.91 Å². The maximum absolute atomic E-state index is 10.8. The van der Waals surface area contributed by atoms with Gasteiger partial charge in [0.2, 0.25) is 5.91 Å². The zero-order chi connectivity index (χ0) is 16.1. The van der Waals surface area contributed by atoms with Gasteiger partial charge in [-0.25, -0.2) is 0 Å². The highest BCUT2D eigenvalue weighted by molar-refractivity contribution is 5.84. The third-order valence-electron chi connectivity index (χ3n) is 3.59. The van der Waals surface area contributed by atoms with Gasteiger partial charge >= 0.3 is 0 Å². The van der Waals surface area contributed by atoms with E-state index in [1.807, 2.05) is 30.3 Å². The first-order valence-electron chi connectivity index (χ1n) is 7.19. The van der Waals surface area contributed by atoms with Crippen LogP contribution in [0.5, 0.6) is 5.75 Å². The number of rotatable bonds is 6. The average molecular weight is 303 g/mol. The fourth-order valence-electron chi connectivity index (χ4n) is 2.33. The van der Waals surface area contributed by atoms with E-state index in [1.54, 1.807) is 13.2 Å². The van der Waals surface area contributed by atoms with Crippen molar-refractivity contribution < 1.29 is 19.7 Å². The predicted octanol–water partition coefficient (Wildman–Crippen LogP) is 1.77. The molecule has 0 aliphatic heterocycles. The van der Waals surface area contributed by atoms with Gasteiger partial charge in [0.25, 0.3) is 0 Å². The van der Waals surface area contributed by atoms with Crippen molar-refractivity contribution in [1.29, 1.82) is 0 Å². The molecule has 0 radical (unpaired) electrons. The van der Waals surface area contributed by atoms with Crippen LogP contribution in [0.4, 0.5) is 0 Å². The first kappa shape index (κ1) is 16.3. The molecular formula is C17H21NO4. The number of aliphatic hydroxyl groups excluding tert-OH is 2. The number of aliphatic hydroxyl groups is 2. The standard InChI is InChI=1S/C17H21NO4/c1-11(19)18-8-7-16(20)17(21)14-4-3-13-10-15(22-2)6-5-12(13)9-14/h3-6,9-10,16-17,20-21H,7-8H2,1-2H3,(H,18,19). The van der Waals surface area contributed by atoms with Crippen LogP contribution in [0.2, 0.25) is 0 Å². The Balaban J connectivity index is 2.10. The fraction of sp³-hybridized carbons (Fsp3) is 0.353. The van der Waals surface area contributed by atoms with Gasteiger partial charge in [0.1, 0.15) is 11.9 Å². The van der Waals surface area contributed by atoms with Crippen molar-refractivity contribution >= 4 is 16.7 Å². The number of benzene rings is 2. The van der Waals surface area contributed by atoms with Crippen LogP contribution in [-0.2, 0) is 4.79 Å². The summed E-state index contributed by atoms with van der Waals surface area (Å²) in [6.45, 7) is 1.75. The number of hydrogen-bond acceptors (Lipinski definition) is 4. The molecule has 0 saturated heterocycles. The number of amides is 1. The number of fused-ring (bicyclic) bond motifs is 1. The molecule has 3 N–H and O–H groups in total. The molecule has 2 atom stereocenters. The lowest BCUT2D eigenvalue weighted by atomic mass is 9.99. The molecule has 2 rings (SSSR count). The SMILES string of the molecule is COc1ccc2cc(C(O)C(O)CCNC(C)=O)ccc2c1. The van der Waals surface area contributed by atoms with E-state index >= 15 is 0 Å². The molecule has 0 aliphatic rings. The summed E-state index contributed by atoms with van der Waals surface area (Å²) in [6.07, 6.45) is -1.62. The lowest BCUT2D eigenvalue weighted by Gasteiger charge is -2.18. The zero-order valence-corrected chi connectivity index (χ0v) is 12.7. The number of methoxy groups -OCH3 is 1. The number of ether oxygens (including phenoxy) is 1. The third kappa shape index (κ3) is 3.96. The Morgan fingerprint density at radius 3 is 2.55 bits per heavy atom. The van der Waals surface area contributed by atoms with Crippen LogP contribution < -0.4 is 10.1 Å². The summed E-state index contributed by atoms with van der Waals surface area (Å²) in [5, 5.41) is 24.8. The minimum absolute atomic E-state index is 0.152. The van der Waals surface area contributed by atoms with E-state index in [9.17, 15) is 15.0 Å². The first-order chi connectivity index (χ1) is 10.5. The average Bonchev–Trinajstić information content (AvgIpc) is 2.52. The summed E-state index contributed by atoms with van der Waals surface area (Å²) in [5.74, 6) is 0.623. The Bertz CT molecular complexity index is 656. The summed E-state index contributed by atoms with van der Waals surface area (Å²) >= 11 is 0. The van der Waals surface area contributed by atoms with Crippen LogP contribution in [0.1, 0.15) is 25.0 Å². The van der Waals surface area contributed by atoms with Crippen LogP contribution in [-0.4, -0.2) is 35.9 Å². The topological polar surface area (TPSA) is 78.8 Å². The van der Waals surface area contributed by atoms with Gasteiger partial charge < -0.3 is 20.3 Å². The number of hydrogen-bond donors (Lipinski definition) is 3. The monoisotopic (exact) mass is 303 g/mol. The lowest BCUT2D eigenvalue weighted by Crippen LogP contribution is -2.27. The van der Waals surface area contributed by atoms with E-state index in [1.165, 1.54) is 6.92 Å². The van der Waals surface area contributed by atoms with Gasteiger partial charge in [0.05, 0.1) is 13.2 Å². The van der Waals surface area contributed by atoms with Crippen molar-refractivity contribution in [3.05, 3.63) is 42.0 Å². The molecule has 2 aromatic rings. The van der Waals surface area contributed by atoms with Crippen molar-refractivity contribution in [2.45, 2.75) is 25.6 Å². The minimum atomic E-state index is -0.986. The van der Waals surface area contributed by atoms with Crippen LogP contribution in [0.3, 0.4) is 0 Å². The molecule has 5 nitrogen and oxygen atoms in total. The van der Waals surface area contributed by atoms with Crippen molar-refractivity contribution in [3.8, 4) is 5.75 Å². The Morgan fingerprint density at radius 1 is 1.18 bits per heavy atom. The normalized spacial score (nSPS) is 13.6. The summed E-state index contributed by atoms with van der Waals surface area (Å²) in [5.41, 5.74) is 0.646. The van der Waals surface area contributed by atoms with Gasteiger partial charge in [-0.1, -0.05) is 18.2 Å². The van der Waals surface area contributed by atoms with Gasteiger partial charge in [0.15, 0.2) is 0 Å². The van der Waals surface area contributed by atoms with Crippen molar-refractivity contribution in [1.82, 2.24) is 5.32 Å². The van der Waals surface area contributed by atoms with E-state index in [0.717, 1.165) is 16.5 Å². The molecule has 0 spiro atoms. The van der Waals surface area contributed by atoms with E-state index in [2.05, 4.69) is 5.32 Å². The lowest BCUT2D eigenvalue weighted by molar-refractivity contribution is -0.119. The Kier molecular flexibility index (Phi) is 5.35. The first-order valence-corrected chi connectivity index (χ1v) is 7.19. The van der Waals surface area contributed by atoms with Gasteiger partial charge in [-0.3, -0.25) is 4.79 Å². The van der Waals surface area contributed by atoms with Crippen molar-refractivity contribution in [2.24, 2.45) is 0 Å². The summed E-state index contributed by atoms with van der Waals surface area (Å²) in [7, 11) is 1.62. The second kappa shape index (κ2) is 7.24. The van der Waals surface area contributed by atoms with E-state index in [4.69, 9.17) is 4.74 Å². The molecule has 1 amide bonds. The second-order valence-electron chi connectivity index (χ2n) is 5.26. The molecule has 118 valence electrons. The Hall–Kier alpha value is -2.11. The summed E-state index contributed by atoms with van der Waals surface area (Å²) in [6, 6.07) is 11.2. The van der Waals surface area contributed by atoms with Crippen molar-refractivity contribution in [3.63, 3.8) is 0 Å². The molecule has 2 unspecified atom stereocenters. The Morgan fingerprint density at radius 2 is 1.86 bits per heavy atom.